The molecule has 0 aliphatic rings. The van der Waals surface area contributed by atoms with Gasteiger partial charge in [0.2, 0.25) is 0 Å². The summed E-state index contributed by atoms with van der Waals surface area (Å²) in [6.45, 7) is 9.78. The molecule has 0 fully saturated rings. The van der Waals surface area contributed by atoms with Crippen molar-refractivity contribution in [1.82, 2.24) is 0 Å². The van der Waals surface area contributed by atoms with Crippen LogP contribution in [-0.2, 0) is 0 Å². The molecule has 0 saturated heterocycles. The Morgan fingerprint density at radius 2 is 2.06 bits per heavy atom. The standard InChI is InChI=1S/C14H21ClN2S/c1-9(2)14(3,4)8-17-12-6-5-10(15)7-11(12)13(16)18/h5-7,9,17H,8H2,1-4H3,(H2,16,18). The summed E-state index contributed by atoms with van der Waals surface area (Å²) in [6.07, 6.45) is 0. The Hall–Kier alpha value is -0.800. The van der Waals surface area contributed by atoms with Gasteiger partial charge in [0, 0.05) is 22.8 Å². The predicted octanol–water partition coefficient (Wildman–Crippen LogP) is 4.07. The third kappa shape index (κ3) is 3.85. The quantitative estimate of drug-likeness (QED) is 0.801. The molecule has 100 valence electrons. The first-order valence-electron chi connectivity index (χ1n) is 6.07. The van der Waals surface area contributed by atoms with Gasteiger partial charge in [0.25, 0.3) is 0 Å². The van der Waals surface area contributed by atoms with Gasteiger partial charge in [-0.3, -0.25) is 0 Å². The second-order valence-corrected chi connectivity index (χ2v) is 6.43. The molecular formula is C14H21ClN2S. The Kier molecular flexibility index (Phi) is 5.00. The molecule has 18 heavy (non-hydrogen) atoms. The fourth-order valence-electron chi connectivity index (χ4n) is 1.40. The van der Waals surface area contributed by atoms with Gasteiger partial charge in [0.1, 0.15) is 4.99 Å². The van der Waals surface area contributed by atoms with E-state index in [9.17, 15) is 0 Å². The number of hydrogen-bond donors (Lipinski definition) is 2. The van der Waals surface area contributed by atoms with E-state index in [1.165, 1.54) is 0 Å². The molecule has 1 rings (SSSR count). The Labute approximate surface area is 120 Å². The topological polar surface area (TPSA) is 38.0 Å². The number of rotatable bonds is 5. The molecule has 0 aromatic heterocycles. The highest BCUT2D eigenvalue weighted by molar-refractivity contribution is 7.80. The summed E-state index contributed by atoms with van der Waals surface area (Å²) < 4.78 is 0. The van der Waals surface area contributed by atoms with Crippen molar-refractivity contribution in [3.05, 3.63) is 28.8 Å². The molecule has 1 aromatic rings. The van der Waals surface area contributed by atoms with Crippen LogP contribution in [0.2, 0.25) is 5.02 Å². The maximum Gasteiger partial charge on any atom is 0.106 e. The van der Waals surface area contributed by atoms with Crippen molar-refractivity contribution >= 4 is 34.5 Å². The van der Waals surface area contributed by atoms with Crippen molar-refractivity contribution in [2.75, 3.05) is 11.9 Å². The Balaban J connectivity index is 2.89. The molecule has 0 amide bonds. The second-order valence-electron chi connectivity index (χ2n) is 5.55. The van der Waals surface area contributed by atoms with Crippen molar-refractivity contribution in [3.63, 3.8) is 0 Å². The van der Waals surface area contributed by atoms with Crippen LogP contribution >= 0.6 is 23.8 Å². The maximum atomic E-state index is 5.96. The minimum atomic E-state index is 0.202. The largest absolute Gasteiger partial charge is 0.389 e. The van der Waals surface area contributed by atoms with Crippen molar-refractivity contribution in [2.45, 2.75) is 27.7 Å². The molecule has 0 spiro atoms. The monoisotopic (exact) mass is 284 g/mol. The minimum absolute atomic E-state index is 0.202. The second kappa shape index (κ2) is 5.89. The van der Waals surface area contributed by atoms with E-state index in [-0.39, 0.29) is 5.41 Å². The molecule has 0 heterocycles. The molecule has 0 aliphatic carbocycles. The normalized spacial score (nSPS) is 11.7. The molecule has 4 heteroatoms. The van der Waals surface area contributed by atoms with Gasteiger partial charge in [-0.05, 0) is 29.5 Å². The van der Waals surface area contributed by atoms with E-state index in [0.29, 0.717) is 15.9 Å². The highest BCUT2D eigenvalue weighted by atomic mass is 35.5. The van der Waals surface area contributed by atoms with Gasteiger partial charge in [-0.25, -0.2) is 0 Å². The minimum Gasteiger partial charge on any atom is -0.389 e. The third-order valence-corrected chi connectivity index (χ3v) is 4.00. The fraction of sp³-hybridized carbons (Fsp3) is 0.500. The molecule has 0 bridgehead atoms. The van der Waals surface area contributed by atoms with Crippen LogP contribution in [0.25, 0.3) is 0 Å². The molecule has 0 atom stereocenters. The molecule has 0 radical (unpaired) electrons. The fourth-order valence-corrected chi connectivity index (χ4v) is 1.74. The highest BCUT2D eigenvalue weighted by Gasteiger charge is 2.22. The number of nitrogens with one attached hydrogen (secondary N) is 1. The average Bonchev–Trinajstić information content (AvgIpc) is 2.27. The molecule has 0 unspecified atom stereocenters. The first-order chi connectivity index (χ1) is 8.24. The van der Waals surface area contributed by atoms with E-state index in [0.717, 1.165) is 17.8 Å². The van der Waals surface area contributed by atoms with Gasteiger partial charge in [-0.15, -0.1) is 0 Å². The SMILES string of the molecule is CC(C)C(C)(C)CNc1ccc(Cl)cc1C(N)=S. The van der Waals surface area contributed by atoms with Gasteiger partial charge in [0.15, 0.2) is 0 Å². The van der Waals surface area contributed by atoms with Crippen LogP contribution in [0.1, 0.15) is 33.3 Å². The Morgan fingerprint density at radius 3 is 2.56 bits per heavy atom. The van der Waals surface area contributed by atoms with Gasteiger partial charge < -0.3 is 11.1 Å². The van der Waals surface area contributed by atoms with Crippen LogP contribution in [-0.4, -0.2) is 11.5 Å². The van der Waals surface area contributed by atoms with E-state index in [4.69, 9.17) is 29.6 Å². The molecule has 3 N–H and O–H groups in total. The van der Waals surface area contributed by atoms with E-state index in [1.54, 1.807) is 6.07 Å². The predicted molar refractivity (Wildman–Crippen MR) is 84.4 cm³/mol. The molecular weight excluding hydrogens is 264 g/mol. The summed E-state index contributed by atoms with van der Waals surface area (Å²) in [5.74, 6) is 0.588. The highest BCUT2D eigenvalue weighted by Crippen LogP contribution is 2.28. The zero-order valence-corrected chi connectivity index (χ0v) is 13.0. The zero-order valence-electron chi connectivity index (χ0n) is 11.4. The molecule has 0 saturated carbocycles. The van der Waals surface area contributed by atoms with Gasteiger partial charge in [0.05, 0.1) is 0 Å². The Bertz CT molecular complexity index is 441. The van der Waals surface area contributed by atoms with E-state index in [2.05, 4.69) is 33.0 Å². The van der Waals surface area contributed by atoms with Crippen molar-refractivity contribution in [1.29, 1.82) is 0 Å². The molecule has 0 aliphatic heterocycles. The van der Waals surface area contributed by atoms with E-state index in [1.807, 2.05) is 12.1 Å². The van der Waals surface area contributed by atoms with Gasteiger partial charge in [-0.2, -0.15) is 0 Å². The Morgan fingerprint density at radius 1 is 1.44 bits per heavy atom. The third-order valence-electron chi connectivity index (χ3n) is 3.54. The van der Waals surface area contributed by atoms with Crippen LogP contribution in [0.4, 0.5) is 5.69 Å². The summed E-state index contributed by atoms with van der Waals surface area (Å²) in [5.41, 5.74) is 7.66. The van der Waals surface area contributed by atoms with Crippen molar-refractivity contribution in [3.8, 4) is 0 Å². The van der Waals surface area contributed by atoms with Crippen LogP contribution in [0.15, 0.2) is 18.2 Å². The average molecular weight is 285 g/mol. The van der Waals surface area contributed by atoms with Crippen LogP contribution < -0.4 is 11.1 Å². The number of anilines is 1. The lowest BCUT2D eigenvalue weighted by Crippen LogP contribution is -2.29. The van der Waals surface area contributed by atoms with E-state index >= 15 is 0 Å². The lowest BCUT2D eigenvalue weighted by atomic mass is 9.81. The van der Waals surface area contributed by atoms with Gasteiger partial charge in [-0.1, -0.05) is 51.5 Å². The lowest BCUT2D eigenvalue weighted by molar-refractivity contribution is 0.269. The zero-order chi connectivity index (χ0) is 13.9. The number of halogens is 1. The van der Waals surface area contributed by atoms with Crippen LogP contribution in [0.5, 0.6) is 0 Å². The van der Waals surface area contributed by atoms with E-state index < -0.39 is 0 Å². The van der Waals surface area contributed by atoms with Crippen molar-refractivity contribution in [2.24, 2.45) is 17.1 Å². The van der Waals surface area contributed by atoms with Crippen LogP contribution in [0, 0.1) is 11.3 Å². The number of hydrogen-bond acceptors (Lipinski definition) is 2. The first kappa shape index (κ1) is 15.3. The van der Waals surface area contributed by atoms with Crippen LogP contribution in [0.3, 0.4) is 0 Å². The smallest absolute Gasteiger partial charge is 0.106 e. The summed E-state index contributed by atoms with van der Waals surface area (Å²) in [4.78, 5) is 0.363. The van der Waals surface area contributed by atoms with Crippen molar-refractivity contribution < 1.29 is 0 Å². The summed E-state index contributed by atoms with van der Waals surface area (Å²) in [7, 11) is 0. The lowest BCUT2D eigenvalue weighted by Gasteiger charge is -2.30. The summed E-state index contributed by atoms with van der Waals surface area (Å²) >= 11 is 11.0. The summed E-state index contributed by atoms with van der Waals surface area (Å²) in [5, 5.41) is 4.06. The number of benzene rings is 1. The molecule has 2 nitrogen and oxygen atoms in total. The molecule has 1 aromatic carbocycles. The number of thiocarbonyl (C=S) groups is 1. The van der Waals surface area contributed by atoms with Gasteiger partial charge >= 0.3 is 0 Å². The number of nitrogens with two attached hydrogens (primary N) is 1. The first-order valence-corrected chi connectivity index (χ1v) is 6.86. The summed E-state index contributed by atoms with van der Waals surface area (Å²) in [6, 6.07) is 5.57. The maximum absolute atomic E-state index is 5.96.